The van der Waals surface area contributed by atoms with Crippen LogP contribution in [0, 0.1) is 11.7 Å². The Morgan fingerprint density at radius 3 is 2.72 bits per heavy atom. The van der Waals surface area contributed by atoms with Crippen molar-refractivity contribution in [2.24, 2.45) is 10.9 Å². The maximum absolute atomic E-state index is 13.0. The molecule has 0 aliphatic heterocycles. The third-order valence-electron chi connectivity index (χ3n) is 4.48. The number of halogens is 2. The predicted molar refractivity (Wildman–Crippen MR) is 122 cm³/mol. The van der Waals surface area contributed by atoms with Crippen LogP contribution in [0.3, 0.4) is 0 Å². The number of nitrogens with zero attached hydrogens (tertiary/aromatic N) is 3. The maximum atomic E-state index is 13.0. The molecular formula is C21H28FIN4O2. The lowest BCUT2D eigenvalue weighted by molar-refractivity contribution is 0.115. The highest BCUT2D eigenvalue weighted by atomic mass is 127. The van der Waals surface area contributed by atoms with E-state index in [2.05, 4.69) is 15.3 Å². The van der Waals surface area contributed by atoms with E-state index in [0.717, 1.165) is 30.6 Å². The molecule has 6 nitrogen and oxygen atoms in total. The lowest BCUT2D eigenvalue weighted by Crippen LogP contribution is -2.40. The van der Waals surface area contributed by atoms with Crippen molar-refractivity contribution in [1.82, 2.24) is 15.2 Å². The molecule has 0 spiro atoms. The van der Waals surface area contributed by atoms with Crippen LogP contribution in [0.5, 0.6) is 11.6 Å². The Morgan fingerprint density at radius 2 is 2.03 bits per heavy atom. The van der Waals surface area contributed by atoms with Gasteiger partial charge in [0.15, 0.2) is 5.96 Å². The fourth-order valence-corrected chi connectivity index (χ4v) is 2.65. The second kappa shape index (κ2) is 11.9. The average molecular weight is 514 g/mol. The first-order chi connectivity index (χ1) is 13.6. The van der Waals surface area contributed by atoms with E-state index in [1.165, 1.54) is 25.0 Å². The minimum Gasteiger partial charge on any atom is -0.439 e. The van der Waals surface area contributed by atoms with Crippen molar-refractivity contribution < 1.29 is 13.9 Å². The van der Waals surface area contributed by atoms with Crippen molar-refractivity contribution in [3.05, 3.63) is 54.0 Å². The fourth-order valence-electron chi connectivity index (χ4n) is 2.65. The normalized spacial score (nSPS) is 13.6. The van der Waals surface area contributed by atoms with Gasteiger partial charge in [0.2, 0.25) is 5.88 Å². The third kappa shape index (κ3) is 8.14. The summed E-state index contributed by atoms with van der Waals surface area (Å²) in [5, 5.41) is 3.33. The van der Waals surface area contributed by atoms with Gasteiger partial charge in [0.25, 0.3) is 0 Å². The summed E-state index contributed by atoms with van der Waals surface area (Å²) in [6, 6.07) is 9.62. The van der Waals surface area contributed by atoms with Crippen molar-refractivity contribution in [1.29, 1.82) is 0 Å². The number of ether oxygens (including phenoxy) is 2. The molecule has 1 aliphatic carbocycles. The molecule has 29 heavy (non-hydrogen) atoms. The number of hydrogen-bond acceptors (Lipinski definition) is 4. The molecule has 1 aliphatic rings. The number of hydrogen-bond donors (Lipinski definition) is 1. The number of likely N-dealkylation sites (N-methyl/N-ethyl adjacent to an activating group) is 1. The summed E-state index contributed by atoms with van der Waals surface area (Å²) >= 11 is 0. The lowest BCUT2D eigenvalue weighted by atomic mass is 10.2. The second-order valence-corrected chi connectivity index (χ2v) is 6.90. The van der Waals surface area contributed by atoms with Crippen molar-refractivity contribution >= 4 is 29.9 Å². The molecule has 1 N–H and O–H groups in total. The summed E-state index contributed by atoms with van der Waals surface area (Å²) in [7, 11) is 3.75. The van der Waals surface area contributed by atoms with E-state index in [1.54, 1.807) is 25.4 Å². The minimum absolute atomic E-state index is 0. The van der Waals surface area contributed by atoms with Crippen LogP contribution in [-0.4, -0.2) is 49.7 Å². The molecule has 158 valence electrons. The van der Waals surface area contributed by atoms with Gasteiger partial charge in [-0.05, 0) is 54.7 Å². The van der Waals surface area contributed by atoms with Gasteiger partial charge in [-0.2, -0.15) is 0 Å². The molecule has 0 bridgehead atoms. The first-order valence-electron chi connectivity index (χ1n) is 9.52. The smallest absolute Gasteiger partial charge is 0.219 e. The van der Waals surface area contributed by atoms with E-state index in [9.17, 15) is 4.39 Å². The Balaban J connectivity index is 0.00000300. The summed E-state index contributed by atoms with van der Waals surface area (Å²) in [5.74, 6) is 2.28. The summed E-state index contributed by atoms with van der Waals surface area (Å²) in [6.07, 6.45) is 4.30. The number of pyridine rings is 1. The zero-order valence-electron chi connectivity index (χ0n) is 16.8. The molecule has 1 fully saturated rings. The summed E-state index contributed by atoms with van der Waals surface area (Å²) in [6.45, 7) is 2.93. The SMILES string of the molecule is CN=C(NCc1ccnc(Oc2ccc(F)cc2)c1)N(C)CCOCC1CC1.I. The number of rotatable bonds is 9. The Morgan fingerprint density at radius 1 is 1.28 bits per heavy atom. The van der Waals surface area contributed by atoms with Crippen LogP contribution < -0.4 is 10.1 Å². The number of aromatic nitrogens is 1. The highest BCUT2D eigenvalue weighted by Crippen LogP contribution is 2.28. The van der Waals surface area contributed by atoms with Gasteiger partial charge in [-0.25, -0.2) is 9.37 Å². The first-order valence-corrected chi connectivity index (χ1v) is 9.52. The minimum atomic E-state index is -0.299. The van der Waals surface area contributed by atoms with Gasteiger partial charge >= 0.3 is 0 Å². The summed E-state index contributed by atoms with van der Waals surface area (Å²) in [4.78, 5) is 10.6. The van der Waals surface area contributed by atoms with Crippen LogP contribution in [0.15, 0.2) is 47.6 Å². The number of aliphatic imine (C=N–C) groups is 1. The molecule has 0 unspecified atom stereocenters. The molecule has 0 saturated heterocycles. The van der Waals surface area contributed by atoms with Crippen LogP contribution in [-0.2, 0) is 11.3 Å². The van der Waals surface area contributed by atoms with E-state index in [-0.39, 0.29) is 29.8 Å². The van der Waals surface area contributed by atoms with Gasteiger partial charge in [-0.15, -0.1) is 24.0 Å². The third-order valence-corrected chi connectivity index (χ3v) is 4.48. The molecule has 0 amide bonds. The van der Waals surface area contributed by atoms with Crippen LogP contribution in [0.2, 0.25) is 0 Å². The molecule has 1 heterocycles. The Labute approximate surface area is 188 Å². The van der Waals surface area contributed by atoms with Crippen LogP contribution in [0.1, 0.15) is 18.4 Å². The Bertz CT molecular complexity index is 785. The second-order valence-electron chi connectivity index (χ2n) is 6.90. The van der Waals surface area contributed by atoms with E-state index in [1.807, 2.05) is 24.1 Å². The molecule has 1 aromatic heterocycles. The van der Waals surface area contributed by atoms with Crippen LogP contribution >= 0.6 is 24.0 Å². The molecule has 0 atom stereocenters. The van der Waals surface area contributed by atoms with Crippen molar-refractivity contribution in [3.8, 4) is 11.6 Å². The quantitative estimate of drug-likeness (QED) is 0.237. The molecular weight excluding hydrogens is 486 g/mol. The largest absolute Gasteiger partial charge is 0.439 e. The molecule has 2 aromatic rings. The standard InChI is InChI=1S/C21H27FN4O2.HI/c1-23-21(26(2)11-12-27-15-16-3-4-16)25-14-17-9-10-24-20(13-17)28-19-7-5-18(22)6-8-19;/h5-10,13,16H,3-4,11-12,14-15H2,1-2H3,(H,23,25);1H. The average Bonchev–Trinajstić information content (AvgIpc) is 3.52. The molecule has 0 radical (unpaired) electrons. The molecule has 3 rings (SSSR count). The monoisotopic (exact) mass is 514 g/mol. The van der Waals surface area contributed by atoms with E-state index in [4.69, 9.17) is 9.47 Å². The predicted octanol–water partition coefficient (Wildman–Crippen LogP) is 4.06. The molecule has 1 aromatic carbocycles. The molecule has 8 heteroatoms. The first kappa shape index (κ1) is 23.3. The van der Waals surface area contributed by atoms with E-state index < -0.39 is 0 Å². The maximum Gasteiger partial charge on any atom is 0.219 e. The van der Waals surface area contributed by atoms with Gasteiger partial charge in [0.1, 0.15) is 11.6 Å². The highest BCUT2D eigenvalue weighted by molar-refractivity contribution is 14.0. The number of nitrogens with one attached hydrogen (secondary N) is 1. The van der Waals surface area contributed by atoms with Crippen LogP contribution in [0.25, 0.3) is 0 Å². The van der Waals surface area contributed by atoms with Gasteiger partial charge in [0.05, 0.1) is 6.61 Å². The summed E-state index contributed by atoms with van der Waals surface area (Å²) < 4.78 is 24.4. The van der Waals surface area contributed by atoms with Crippen molar-refractivity contribution in [2.75, 3.05) is 33.9 Å². The van der Waals surface area contributed by atoms with Gasteiger partial charge < -0.3 is 19.7 Å². The number of benzene rings is 1. The Hall–Kier alpha value is -1.94. The Kier molecular flexibility index (Phi) is 9.59. The summed E-state index contributed by atoms with van der Waals surface area (Å²) in [5.41, 5.74) is 1.01. The topological polar surface area (TPSA) is 59.0 Å². The van der Waals surface area contributed by atoms with E-state index in [0.29, 0.717) is 24.8 Å². The van der Waals surface area contributed by atoms with E-state index >= 15 is 0 Å². The van der Waals surface area contributed by atoms with Gasteiger partial charge in [-0.3, -0.25) is 4.99 Å². The van der Waals surface area contributed by atoms with Crippen molar-refractivity contribution in [2.45, 2.75) is 19.4 Å². The van der Waals surface area contributed by atoms with Crippen molar-refractivity contribution in [3.63, 3.8) is 0 Å². The highest BCUT2D eigenvalue weighted by Gasteiger charge is 2.21. The van der Waals surface area contributed by atoms with Gasteiger partial charge in [-0.1, -0.05) is 0 Å². The molecule has 1 saturated carbocycles. The zero-order chi connectivity index (χ0) is 19.8. The fraction of sp³-hybridized carbons (Fsp3) is 0.429. The van der Waals surface area contributed by atoms with Gasteiger partial charge in [0, 0.05) is 46.1 Å². The number of guanidine groups is 1. The lowest BCUT2D eigenvalue weighted by Gasteiger charge is -2.22. The van der Waals surface area contributed by atoms with Crippen LogP contribution in [0.4, 0.5) is 4.39 Å². The zero-order valence-corrected chi connectivity index (χ0v) is 19.1.